The molecule has 0 amide bonds. The first-order valence-corrected chi connectivity index (χ1v) is 7.62. The van der Waals surface area contributed by atoms with Crippen molar-refractivity contribution in [3.8, 4) is 0 Å². The molecule has 0 bridgehead atoms. The number of nitrogens with zero attached hydrogens (tertiary/aromatic N) is 2. The van der Waals surface area contributed by atoms with Gasteiger partial charge in [-0.15, -0.1) is 0 Å². The Hall–Kier alpha value is -0.120. The van der Waals surface area contributed by atoms with E-state index in [0.717, 1.165) is 18.6 Å². The molecular formula is C15H28N2O. The van der Waals surface area contributed by atoms with E-state index in [9.17, 15) is 0 Å². The third kappa shape index (κ3) is 2.59. The van der Waals surface area contributed by atoms with Crippen molar-refractivity contribution in [2.45, 2.75) is 45.3 Å². The van der Waals surface area contributed by atoms with Crippen LogP contribution in [0.5, 0.6) is 0 Å². The molecule has 2 unspecified atom stereocenters. The molecule has 2 aliphatic heterocycles. The summed E-state index contributed by atoms with van der Waals surface area (Å²) >= 11 is 0. The molecule has 3 rings (SSSR count). The highest BCUT2D eigenvalue weighted by Gasteiger charge is 2.47. The molecule has 0 spiro atoms. The minimum atomic E-state index is 0.383. The second kappa shape index (κ2) is 4.77. The smallest absolute Gasteiger partial charge is 0.0538 e. The summed E-state index contributed by atoms with van der Waals surface area (Å²) in [7, 11) is 2.27. The van der Waals surface area contributed by atoms with Crippen LogP contribution >= 0.6 is 0 Å². The molecule has 3 fully saturated rings. The predicted molar refractivity (Wildman–Crippen MR) is 73.7 cm³/mol. The molecule has 0 aromatic heterocycles. The lowest BCUT2D eigenvalue weighted by Crippen LogP contribution is -2.62. The van der Waals surface area contributed by atoms with Gasteiger partial charge in [-0.05, 0) is 52.6 Å². The van der Waals surface area contributed by atoms with E-state index in [1.807, 2.05) is 0 Å². The molecular weight excluding hydrogens is 224 g/mol. The molecule has 0 aromatic carbocycles. The number of hydrogen-bond acceptors (Lipinski definition) is 3. The Kier molecular flexibility index (Phi) is 3.41. The molecule has 0 radical (unpaired) electrons. The highest BCUT2D eigenvalue weighted by atomic mass is 16.5. The van der Waals surface area contributed by atoms with Gasteiger partial charge in [0.05, 0.1) is 12.7 Å². The van der Waals surface area contributed by atoms with Crippen molar-refractivity contribution in [2.24, 2.45) is 11.3 Å². The summed E-state index contributed by atoms with van der Waals surface area (Å²) in [5.74, 6) is 0.950. The second-order valence-electron chi connectivity index (χ2n) is 7.15. The summed E-state index contributed by atoms with van der Waals surface area (Å²) in [5, 5.41) is 0. The van der Waals surface area contributed by atoms with Gasteiger partial charge < -0.3 is 14.5 Å². The van der Waals surface area contributed by atoms with Gasteiger partial charge in [0.25, 0.3) is 0 Å². The standard InChI is InChI=1S/C15H28N2O/c1-12(2)18-11-15(5-6-15)10-17-7-4-14-13(9-17)8-16(14)3/h12-14H,4-11H2,1-3H3. The van der Waals surface area contributed by atoms with Crippen LogP contribution in [0.2, 0.25) is 0 Å². The summed E-state index contributed by atoms with van der Waals surface area (Å²) < 4.78 is 5.85. The number of rotatable bonds is 5. The molecule has 2 heterocycles. The minimum Gasteiger partial charge on any atom is -0.378 e. The van der Waals surface area contributed by atoms with E-state index in [2.05, 4.69) is 30.7 Å². The van der Waals surface area contributed by atoms with Crippen LogP contribution in [0.4, 0.5) is 0 Å². The van der Waals surface area contributed by atoms with Gasteiger partial charge in [-0.25, -0.2) is 0 Å². The maximum atomic E-state index is 5.85. The first-order chi connectivity index (χ1) is 8.58. The van der Waals surface area contributed by atoms with Gasteiger partial charge in [-0.1, -0.05) is 0 Å². The van der Waals surface area contributed by atoms with Gasteiger partial charge in [0, 0.05) is 31.1 Å². The number of likely N-dealkylation sites (tertiary alicyclic amines) is 2. The molecule has 3 aliphatic rings. The van der Waals surface area contributed by atoms with Gasteiger partial charge in [-0.2, -0.15) is 0 Å². The zero-order valence-electron chi connectivity index (χ0n) is 12.2. The summed E-state index contributed by atoms with van der Waals surface area (Å²) in [6.45, 7) is 10.5. The molecule has 1 saturated carbocycles. The fraction of sp³-hybridized carbons (Fsp3) is 1.00. The lowest BCUT2D eigenvalue weighted by molar-refractivity contribution is -0.0384. The van der Waals surface area contributed by atoms with Gasteiger partial charge in [0.1, 0.15) is 0 Å². The van der Waals surface area contributed by atoms with Gasteiger partial charge in [-0.3, -0.25) is 0 Å². The molecule has 3 nitrogen and oxygen atoms in total. The summed E-state index contributed by atoms with van der Waals surface area (Å²) in [6, 6.07) is 0.892. The molecule has 104 valence electrons. The van der Waals surface area contributed by atoms with Crippen LogP contribution in [0.3, 0.4) is 0 Å². The van der Waals surface area contributed by atoms with Crippen molar-refractivity contribution in [3.05, 3.63) is 0 Å². The third-order valence-corrected chi connectivity index (χ3v) is 5.11. The van der Waals surface area contributed by atoms with E-state index < -0.39 is 0 Å². The van der Waals surface area contributed by atoms with Crippen molar-refractivity contribution in [1.82, 2.24) is 9.80 Å². The Bertz CT molecular complexity index is 301. The van der Waals surface area contributed by atoms with Crippen LogP contribution in [0, 0.1) is 11.3 Å². The highest BCUT2D eigenvalue weighted by molar-refractivity contribution is 5.00. The lowest BCUT2D eigenvalue weighted by Gasteiger charge is -2.52. The van der Waals surface area contributed by atoms with Gasteiger partial charge in [0.2, 0.25) is 0 Å². The Morgan fingerprint density at radius 3 is 2.61 bits per heavy atom. The van der Waals surface area contributed by atoms with Crippen molar-refractivity contribution in [3.63, 3.8) is 0 Å². The summed E-state index contributed by atoms with van der Waals surface area (Å²) in [5.41, 5.74) is 0.521. The number of hydrogen-bond donors (Lipinski definition) is 0. The molecule has 1 aliphatic carbocycles. The fourth-order valence-corrected chi connectivity index (χ4v) is 3.71. The maximum absolute atomic E-state index is 5.85. The number of fused-ring (bicyclic) bond motifs is 1. The Balaban J connectivity index is 1.46. The van der Waals surface area contributed by atoms with Crippen LogP contribution in [0.25, 0.3) is 0 Å². The Morgan fingerprint density at radius 1 is 1.28 bits per heavy atom. The van der Waals surface area contributed by atoms with Crippen molar-refractivity contribution < 1.29 is 4.74 Å². The van der Waals surface area contributed by atoms with Crippen LogP contribution < -0.4 is 0 Å². The van der Waals surface area contributed by atoms with E-state index in [-0.39, 0.29) is 0 Å². The van der Waals surface area contributed by atoms with Gasteiger partial charge in [0.15, 0.2) is 0 Å². The fourth-order valence-electron chi connectivity index (χ4n) is 3.71. The average molecular weight is 252 g/mol. The predicted octanol–water partition coefficient (Wildman–Crippen LogP) is 1.83. The first-order valence-electron chi connectivity index (χ1n) is 7.62. The zero-order valence-corrected chi connectivity index (χ0v) is 12.2. The Labute approximate surface area is 111 Å². The highest BCUT2D eigenvalue weighted by Crippen LogP contribution is 2.47. The lowest BCUT2D eigenvalue weighted by atomic mass is 9.83. The molecule has 2 saturated heterocycles. The van der Waals surface area contributed by atoms with E-state index in [1.54, 1.807) is 0 Å². The summed E-state index contributed by atoms with van der Waals surface area (Å²) in [6.07, 6.45) is 4.52. The quantitative estimate of drug-likeness (QED) is 0.742. The van der Waals surface area contributed by atoms with Crippen molar-refractivity contribution >= 4 is 0 Å². The molecule has 0 aromatic rings. The second-order valence-corrected chi connectivity index (χ2v) is 7.15. The average Bonchev–Trinajstić information content (AvgIpc) is 3.06. The Morgan fingerprint density at radius 2 is 2.06 bits per heavy atom. The van der Waals surface area contributed by atoms with Crippen LogP contribution in [0.1, 0.15) is 33.1 Å². The monoisotopic (exact) mass is 252 g/mol. The topological polar surface area (TPSA) is 15.7 Å². The van der Waals surface area contributed by atoms with Crippen molar-refractivity contribution in [2.75, 3.05) is 39.8 Å². The van der Waals surface area contributed by atoms with Crippen molar-refractivity contribution in [1.29, 1.82) is 0 Å². The van der Waals surface area contributed by atoms with Crippen LogP contribution in [-0.4, -0.2) is 61.8 Å². The molecule has 18 heavy (non-hydrogen) atoms. The van der Waals surface area contributed by atoms with Gasteiger partial charge >= 0.3 is 0 Å². The maximum Gasteiger partial charge on any atom is 0.0538 e. The van der Waals surface area contributed by atoms with E-state index in [0.29, 0.717) is 11.5 Å². The normalized spacial score (nSPS) is 35.3. The molecule has 0 N–H and O–H groups in total. The summed E-state index contributed by atoms with van der Waals surface area (Å²) in [4.78, 5) is 5.24. The van der Waals surface area contributed by atoms with Crippen LogP contribution in [-0.2, 0) is 4.74 Å². The van der Waals surface area contributed by atoms with Crippen LogP contribution in [0.15, 0.2) is 0 Å². The largest absolute Gasteiger partial charge is 0.378 e. The molecule has 2 atom stereocenters. The first kappa shape index (κ1) is 12.9. The third-order valence-electron chi connectivity index (χ3n) is 5.11. The molecule has 3 heteroatoms. The minimum absolute atomic E-state index is 0.383. The number of ether oxygens (including phenoxy) is 1. The number of piperidine rings is 1. The zero-order chi connectivity index (χ0) is 12.8. The van der Waals surface area contributed by atoms with E-state index in [1.165, 1.54) is 45.4 Å². The van der Waals surface area contributed by atoms with E-state index >= 15 is 0 Å². The van der Waals surface area contributed by atoms with E-state index in [4.69, 9.17) is 4.74 Å². The SMILES string of the molecule is CC(C)OCC1(CN2CCC3C(C2)CN3C)CC1.